The van der Waals surface area contributed by atoms with Gasteiger partial charge in [0.2, 0.25) is 0 Å². The van der Waals surface area contributed by atoms with Crippen molar-refractivity contribution in [1.29, 1.82) is 0 Å². The fraction of sp³-hybridized carbons (Fsp3) is 0.529. The molecule has 0 aliphatic carbocycles. The number of hydrogen-bond acceptors (Lipinski definition) is 0. The van der Waals surface area contributed by atoms with Crippen molar-refractivity contribution in [2.75, 3.05) is 0 Å². The van der Waals surface area contributed by atoms with E-state index in [1.54, 1.807) is 0 Å². The summed E-state index contributed by atoms with van der Waals surface area (Å²) in [4.78, 5) is 0. The van der Waals surface area contributed by atoms with Crippen LogP contribution in [0.1, 0.15) is 58.8 Å². The molecular weight excluding hydrogens is 204 g/mol. The van der Waals surface area contributed by atoms with Crippen LogP contribution in [0.2, 0.25) is 0 Å². The summed E-state index contributed by atoms with van der Waals surface area (Å²) in [6.07, 6.45) is 26.1. The quantitative estimate of drug-likeness (QED) is 0.406. The van der Waals surface area contributed by atoms with Crippen molar-refractivity contribution in [3.8, 4) is 0 Å². The minimum atomic E-state index is 1.06. The van der Waals surface area contributed by atoms with Crippen LogP contribution in [0.4, 0.5) is 0 Å². The standard InChI is InChI=1S/C17H28/c1-3-5-7-9-11-13-15-17-16-14-12-10-8-6-4-2/h7-10,13-16H,3-6,11-12,17H2,1-2H3. The van der Waals surface area contributed by atoms with E-state index in [1.807, 2.05) is 0 Å². The number of rotatable bonds is 10. The lowest BCUT2D eigenvalue weighted by atomic mass is 10.2. The summed E-state index contributed by atoms with van der Waals surface area (Å²) in [6, 6.07) is 0. The zero-order valence-electron chi connectivity index (χ0n) is 11.6. The zero-order valence-corrected chi connectivity index (χ0v) is 11.6. The summed E-state index contributed by atoms with van der Waals surface area (Å²) < 4.78 is 0. The molecule has 0 spiro atoms. The second-order valence-electron chi connectivity index (χ2n) is 4.17. The smallest absolute Gasteiger partial charge is 0.0169 e. The Morgan fingerprint density at radius 3 is 1.06 bits per heavy atom. The monoisotopic (exact) mass is 232 g/mol. The topological polar surface area (TPSA) is 0 Å². The summed E-state index contributed by atoms with van der Waals surface area (Å²) in [7, 11) is 0. The van der Waals surface area contributed by atoms with Crippen LogP contribution in [0.25, 0.3) is 0 Å². The predicted molar refractivity (Wildman–Crippen MR) is 80.2 cm³/mol. The Morgan fingerprint density at radius 1 is 0.471 bits per heavy atom. The summed E-state index contributed by atoms with van der Waals surface area (Å²) in [5.74, 6) is 0. The maximum Gasteiger partial charge on any atom is -0.0169 e. The van der Waals surface area contributed by atoms with Crippen molar-refractivity contribution in [3.05, 3.63) is 48.6 Å². The van der Waals surface area contributed by atoms with Gasteiger partial charge in [0, 0.05) is 0 Å². The first-order chi connectivity index (χ1) is 8.41. The summed E-state index contributed by atoms with van der Waals surface area (Å²) in [5.41, 5.74) is 0. The highest BCUT2D eigenvalue weighted by atomic mass is 13.8. The molecular formula is C17H28. The van der Waals surface area contributed by atoms with Gasteiger partial charge in [-0.1, -0.05) is 75.3 Å². The van der Waals surface area contributed by atoms with Crippen LogP contribution in [0.15, 0.2) is 48.6 Å². The Kier molecular flexibility index (Phi) is 14.0. The van der Waals surface area contributed by atoms with Crippen molar-refractivity contribution < 1.29 is 0 Å². The van der Waals surface area contributed by atoms with Crippen LogP contribution in [-0.2, 0) is 0 Å². The number of allylic oxidation sites excluding steroid dienone is 8. The van der Waals surface area contributed by atoms with Crippen molar-refractivity contribution in [2.45, 2.75) is 58.8 Å². The largest absolute Gasteiger partial charge is 0.0882 e. The molecule has 0 heteroatoms. The molecule has 0 fully saturated rings. The average molecular weight is 232 g/mol. The van der Waals surface area contributed by atoms with Crippen molar-refractivity contribution in [2.24, 2.45) is 0 Å². The molecule has 0 radical (unpaired) electrons. The van der Waals surface area contributed by atoms with E-state index in [-0.39, 0.29) is 0 Å². The van der Waals surface area contributed by atoms with Gasteiger partial charge in [-0.3, -0.25) is 0 Å². The van der Waals surface area contributed by atoms with Gasteiger partial charge in [0.05, 0.1) is 0 Å². The molecule has 0 unspecified atom stereocenters. The first-order valence-corrected chi connectivity index (χ1v) is 7.01. The molecule has 0 bridgehead atoms. The zero-order chi connectivity index (χ0) is 12.6. The molecule has 0 saturated carbocycles. The minimum absolute atomic E-state index is 1.06. The van der Waals surface area contributed by atoms with E-state index < -0.39 is 0 Å². The van der Waals surface area contributed by atoms with E-state index in [1.165, 1.54) is 25.7 Å². The van der Waals surface area contributed by atoms with Gasteiger partial charge >= 0.3 is 0 Å². The lowest BCUT2D eigenvalue weighted by Gasteiger charge is -1.86. The number of unbranched alkanes of at least 4 members (excludes halogenated alkanes) is 2. The first-order valence-electron chi connectivity index (χ1n) is 7.01. The third kappa shape index (κ3) is 15.0. The van der Waals surface area contributed by atoms with Crippen LogP contribution in [0.3, 0.4) is 0 Å². The molecule has 0 aromatic heterocycles. The third-order valence-electron chi connectivity index (χ3n) is 2.39. The molecule has 96 valence electrons. The lowest BCUT2D eigenvalue weighted by molar-refractivity contribution is 0.954. The molecule has 0 aliphatic rings. The van der Waals surface area contributed by atoms with Gasteiger partial charge in [-0.25, -0.2) is 0 Å². The Bertz CT molecular complexity index is 215. The molecule has 0 N–H and O–H groups in total. The molecule has 0 aromatic carbocycles. The first kappa shape index (κ1) is 16.0. The van der Waals surface area contributed by atoms with E-state index in [2.05, 4.69) is 62.5 Å². The van der Waals surface area contributed by atoms with Crippen LogP contribution >= 0.6 is 0 Å². The predicted octanol–water partition coefficient (Wildman–Crippen LogP) is 5.98. The van der Waals surface area contributed by atoms with Crippen molar-refractivity contribution in [3.63, 3.8) is 0 Å². The van der Waals surface area contributed by atoms with Crippen molar-refractivity contribution in [1.82, 2.24) is 0 Å². The SMILES string of the molecule is CCCC=CCC=CCC=CCC=CCCC. The summed E-state index contributed by atoms with van der Waals surface area (Å²) >= 11 is 0. The van der Waals surface area contributed by atoms with Crippen LogP contribution in [0.5, 0.6) is 0 Å². The van der Waals surface area contributed by atoms with Gasteiger partial charge in [-0.05, 0) is 32.1 Å². The molecule has 0 nitrogen and oxygen atoms in total. The van der Waals surface area contributed by atoms with Crippen LogP contribution in [-0.4, -0.2) is 0 Å². The van der Waals surface area contributed by atoms with Crippen molar-refractivity contribution >= 4 is 0 Å². The average Bonchev–Trinajstić information content (AvgIpc) is 2.35. The normalized spacial score (nSPS) is 12.8. The fourth-order valence-electron chi connectivity index (χ4n) is 1.38. The molecule has 0 saturated heterocycles. The van der Waals surface area contributed by atoms with Gasteiger partial charge in [-0.15, -0.1) is 0 Å². The van der Waals surface area contributed by atoms with Gasteiger partial charge < -0.3 is 0 Å². The van der Waals surface area contributed by atoms with E-state index in [4.69, 9.17) is 0 Å². The van der Waals surface area contributed by atoms with Gasteiger partial charge in [0.15, 0.2) is 0 Å². The van der Waals surface area contributed by atoms with Crippen LogP contribution < -0.4 is 0 Å². The molecule has 17 heavy (non-hydrogen) atoms. The highest BCUT2D eigenvalue weighted by Gasteiger charge is 1.75. The number of hydrogen-bond donors (Lipinski definition) is 0. The third-order valence-corrected chi connectivity index (χ3v) is 2.39. The van der Waals surface area contributed by atoms with E-state index in [0.717, 1.165) is 19.3 Å². The maximum absolute atomic E-state index is 2.26. The highest BCUT2D eigenvalue weighted by molar-refractivity contribution is 4.99. The second kappa shape index (κ2) is 15.0. The molecule has 0 atom stereocenters. The van der Waals surface area contributed by atoms with E-state index in [9.17, 15) is 0 Å². The van der Waals surface area contributed by atoms with E-state index in [0.29, 0.717) is 0 Å². The Labute approximate surface area is 108 Å². The Morgan fingerprint density at radius 2 is 0.765 bits per heavy atom. The van der Waals surface area contributed by atoms with Crippen LogP contribution in [0, 0.1) is 0 Å². The molecule has 0 rings (SSSR count). The van der Waals surface area contributed by atoms with Gasteiger partial charge in [0.1, 0.15) is 0 Å². The van der Waals surface area contributed by atoms with Gasteiger partial charge in [-0.2, -0.15) is 0 Å². The highest BCUT2D eigenvalue weighted by Crippen LogP contribution is 1.96. The fourth-order valence-corrected chi connectivity index (χ4v) is 1.38. The summed E-state index contributed by atoms with van der Waals surface area (Å²) in [5, 5.41) is 0. The van der Waals surface area contributed by atoms with Gasteiger partial charge in [0.25, 0.3) is 0 Å². The molecule has 0 aliphatic heterocycles. The lowest BCUT2D eigenvalue weighted by Crippen LogP contribution is -1.65. The van der Waals surface area contributed by atoms with E-state index >= 15 is 0 Å². The molecule has 0 amide bonds. The molecule has 0 aromatic rings. The summed E-state index contributed by atoms with van der Waals surface area (Å²) in [6.45, 7) is 4.42. The minimum Gasteiger partial charge on any atom is -0.0882 e. The second-order valence-corrected chi connectivity index (χ2v) is 4.17. The Hall–Kier alpha value is -1.04. The Balaban J connectivity index is 3.36. The maximum atomic E-state index is 2.26. The molecule has 0 heterocycles.